The van der Waals surface area contributed by atoms with Crippen molar-refractivity contribution < 1.29 is 9.90 Å². The van der Waals surface area contributed by atoms with Crippen LogP contribution in [0.4, 0.5) is 0 Å². The molecule has 0 aromatic rings. The molecule has 2 heteroatoms. The van der Waals surface area contributed by atoms with Gasteiger partial charge in [0.2, 0.25) is 0 Å². The van der Waals surface area contributed by atoms with Crippen molar-refractivity contribution in [2.75, 3.05) is 0 Å². The summed E-state index contributed by atoms with van der Waals surface area (Å²) in [5.74, 6) is 1.89. The summed E-state index contributed by atoms with van der Waals surface area (Å²) in [7, 11) is 0. The van der Waals surface area contributed by atoms with Crippen LogP contribution in [-0.2, 0) is 4.79 Å². The van der Waals surface area contributed by atoms with E-state index in [1.54, 1.807) is 0 Å². The Bertz CT molecular complexity index is 247. The lowest BCUT2D eigenvalue weighted by molar-refractivity contribution is -0.0979. The SMILES string of the molecule is C=O.CCCC1C(CC)C=C(CC)C(O)C1CC. The normalized spacial score (nSPS) is 31.3. The Morgan fingerprint density at radius 1 is 1.11 bits per heavy atom. The van der Waals surface area contributed by atoms with Gasteiger partial charge in [0, 0.05) is 0 Å². The number of hydrogen-bond donors (Lipinski definition) is 1. The summed E-state index contributed by atoms with van der Waals surface area (Å²) in [5.41, 5.74) is 1.28. The number of aliphatic hydroxyl groups is 1. The summed E-state index contributed by atoms with van der Waals surface area (Å²) < 4.78 is 0. The quantitative estimate of drug-likeness (QED) is 0.753. The second kappa shape index (κ2) is 9.32. The van der Waals surface area contributed by atoms with Gasteiger partial charge in [-0.2, -0.15) is 0 Å². The van der Waals surface area contributed by atoms with E-state index in [9.17, 15) is 5.11 Å². The number of hydrogen-bond acceptors (Lipinski definition) is 2. The van der Waals surface area contributed by atoms with Crippen LogP contribution in [0.1, 0.15) is 59.8 Å². The predicted molar refractivity (Wildman–Crippen MR) is 77.5 cm³/mol. The fourth-order valence-electron chi connectivity index (χ4n) is 3.36. The van der Waals surface area contributed by atoms with Crippen LogP contribution in [0.3, 0.4) is 0 Å². The number of allylic oxidation sites excluding steroid dienone is 1. The van der Waals surface area contributed by atoms with Gasteiger partial charge in [0.1, 0.15) is 6.79 Å². The third-order valence-corrected chi connectivity index (χ3v) is 4.29. The average molecular weight is 254 g/mol. The van der Waals surface area contributed by atoms with Crippen LogP contribution < -0.4 is 0 Å². The zero-order chi connectivity index (χ0) is 14.1. The average Bonchev–Trinajstić information content (AvgIpc) is 2.42. The van der Waals surface area contributed by atoms with Crippen molar-refractivity contribution in [3.8, 4) is 0 Å². The molecule has 18 heavy (non-hydrogen) atoms. The molecule has 106 valence electrons. The summed E-state index contributed by atoms with van der Waals surface area (Å²) in [6.45, 7) is 10.9. The third kappa shape index (κ3) is 3.94. The first-order valence-corrected chi connectivity index (χ1v) is 7.36. The molecule has 1 aliphatic carbocycles. The van der Waals surface area contributed by atoms with Crippen LogP contribution in [-0.4, -0.2) is 18.0 Å². The zero-order valence-electron chi connectivity index (χ0n) is 12.5. The molecule has 0 aromatic carbocycles. The van der Waals surface area contributed by atoms with Crippen LogP contribution in [0.25, 0.3) is 0 Å². The molecular weight excluding hydrogens is 224 g/mol. The van der Waals surface area contributed by atoms with E-state index in [2.05, 4.69) is 33.8 Å². The highest BCUT2D eigenvalue weighted by Gasteiger charge is 2.36. The van der Waals surface area contributed by atoms with Crippen molar-refractivity contribution in [1.82, 2.24) is 0 Å². The molecule has 0 radical (unpaired) electrons. The number of carbonyl (C=O) groups is 1. The summed E-state index contributed by atoms with van der Waals surface area (Å²) in [6, 6.07) is 0. The van der Waals surface area contributed by atoms with E-state index in [0.717, 1.165) is 12.8 Å². The molecule has 0 saturated heterocycles. The fraction of sp³-hybridized carbons (Fsp3) is 0.812. The molecule has 1 rings (SSSR count). The Hall–Kier alpha value is -0.630. The molecular formula is C16H30O2. The molecule has 0 spiro atoms. The predicted octanol–water partition coefficient (Wildman–Crippen LogP) is 3.98. The van der Waals surface area contributed by atoms with Gasteiger partial charge in [-0.1, -0.05) is 46.6 Å². The largest absolute Gasteiger partial charge is 0.388 e. The van der Waals surface area contributed by atoms with Gasteiger partial charge < -0.3 is 9.90 Å². The maximum absolute atomic E-state index is 10.4. The smallest absolute Gasteiger partial charge is 0.106 e. The van der Waals surface area contributed by atoms with E-state index in [-0.39, 0.29) is 6.10 Å². The minimum absolute atomic E-state index is 0.172. The Morgan fingerprint density at radius 2 is 1.72 bits per heavy atom. The van der Waals surface area contributed by atoms with E-state index < -0.39 is 0 Å². The van der Waals surface area contributed by atoms with E-state index >= 15 is 0 Å². The Labute approximate surface area is 112 Å². The highest BCUT2D eigenvalue weighted by atomic mass is 16.3. The monoisotopic (exact) mass is 254 g/mol. The molecule has 1 N–H and O–H groups in total. The molecule has 0 fully saturated rings. The molecule has 0 aromatic heterocycles. The molecule has 0 aliphatic heterocycles. The lowest BCUT2D eigenvalue weighted by Crippen LogP contribution is -2.37. The van der Waals surface area contributed by atoms with Crippen LogP contribution in [0.15, 0.2) is 11.6 Å². The van der Waals surface area contributed by atoms with Gasteiger partial charge in [0.15, 0.2) is 0 Å². The number of rotatable bonds is 5. The first kappa shape index (κ1) is 17.4. The zero-order valence-corrected chi connectivity index (χ0v) is 12.5. The van der Waals surface area contributed by atoms with E-state index in [0.29, 0.717) is 17.8 Å². The van der Waals surface area contributed by atoms with Gasteiger partial charge in [-0.05, 0) is 42.6 Å². The van der Waals surface area contributed by atoms with Crippen molar-refractivity contribution in [1.29, 1.82) is 0 Å². The summed E-state index contributed by atoms with van der Waals surface area (Å²) in [4.78, 5) is 8.00. The van der Waals surface area contributed by atoms with Gasteiger partial charge in [-0.15, -0.1) is 0 Å². The van der Waals surface area contributed by atoms with E-state index in [1.807, 2.05) is 6.79 Å². The topological polar surface area (TPSA) is 37.3 Å². The number of aliphatic hydroxyl groups excluding tert-OH is 1. The maximum atomic E-state index is 10.4. The maximum Gasteiger partial charge on any atom is 0.106 e. The molecule has 4 unspecified atom stereocenters. The lowest BCUT2D eigenvalue weighted by atomic mass is 9.67. The standard InChI is InChI=1S/C15H28O.CH2O/c1-5-9-14-11(6-2)10-12(7-3)15(16)13(14)8-4;1-2/h10-11,13-16H,5-9H2,1-4H3;1H2. The van der Waals surface area contributed by atoms with Crippen LogP contribution in [0, 0.1) is 17.8 Å². The summed E-state index contributed by atoms with van der Waals surface area (Å²) >= 11 is 0. The first-order valence-electron chi connectivity index (χ1n) is 7.36. The molecule has 2 nitrogen and oxygen atoms in total. The summed E-state index contributed by atoms with van der Waals surface area (Å²) in [6.07, 6.45) is 8.04. The molecule has 0 bridgehead atoms. The minimum Gasteiger partial charge on any atom is -0.388 e. The van der Waals surface area contributed by atoms with Gasteiger partial charge in [-0.25, -0.2) is 0 Å². The van der Waals surface area contributed by atoms with Crippen molar-refractivity contribution in [2.24, 2.45) is 17.8 Å². The number of carbonyl (C=O) groups excluding carboxylic acids is 1. The molecule has 0 saturated carbocycles. The molecule has 0 amide bonds. The van der Waals surface area contributed by atoms with Crippen molar-refractivity contribution in [3.63, 3.8) is 0 Å². The Kier molecular flexibility index (Phi) is 8.99. The molecule has 0 heterocycles. The van der Waals surface area contributed by atoms with Gasteiger partial charge in [0.25, 0.3) is 0 Å². The Morgan fingerprint density at radius 3 is 2.11 bits per heavy atom. The van der Waals surface area contributed by atoms with Gasteiger partial charge >= 0.3 is 0 Å². The van der Waals surface area contributed by atoms with Crippen LogP contribution >= 0.6 is 0 Å². The highest BCUT2D eigenvalue weighted by molar-refractivity contribution is 5.17. The lowest BCUT2D eigenvalue weighted by Gasteiger charge is -2.40. The van der Waals surface area contributed by atoms with E-state index in [1.165, 1.54) is 24.8 Å². The van der Waals surface area contributed by atoms with Crippen LogP contribution in [0.2, 0.25) is 0 Å². The van der Waals surface area contributed by atoms with Crippen molar-refractivity contribution >= 4 is 6.79 Å². The molecule has 1 aliphatic rings. The van der Waals surface area contributed by atoms with Gasteiger partial charge in [0.05, 0.1) is 6.10 Å². The first-order chi connectivity index (χ1) is 8.69. The second-order valence-electron chi connectivity index (χ2n) is 5.14. The summed E-state index contributed by atoms with van der Waals surface area (Å²) in [5, 5.41) is 10.4. The molecule has 4 atom stereocenters. The van der Waals surface area contributed by atoms with Crippen molar-refractivity contribution in [3.05, 3.63) is 11.6 Å². The second-order valence-corrected chi connectivity index (χ2v) is 5.14. The third-order valence-electron chi connectivity index (χ3n) is 4.29. The minimum atomic E-state index is -0.172. The van der Waals surface area contributed by atoms with Crippen molar-refractivity contribution in [2.45, 2.75) is 65.9 Å². The fourth-order valence-corrected chi connectivity index (χ4v) is 3.36. The highest BCUT2D eigenvalue weighted by Crippen LogP contribution is 2.41. The Balaban J connectivity index is 0.00000137. The van der Waals surface area contributed by atoms with E-state index in [4.69, 9.17) is 4.79 Å². The van der Waals surface area contributed by atoms with Gasteiger partial charge in [-0.3, -0.25) is 0 Å². The van der Waals surface area contributed by atoms with Crippen LogP contribution in [0.5, 0.6) is 0 Å².